The van der Waals surface area contributed by atoms with Crippen LogP contribution in [0, 0.1) is 5.92 Å². The van der Waals surface area contributed by atoms with Gasteiger partial charge < -0.3 is 10.6 Å². The molecule has 3 rings (SSSR count). The van der Waals surface area contributed by atoms with Gasteiger partial charge in [-0.3, -0.25) is 19.5 Å². The van der Waals surface area contributed by atoms with Gasteiger partial charge in [0.1, 0.15) is 0 Å². The van der Waals surface area contributed by atoms with Crippen LogP contribution in [-0.2, 0) is 16.1 Å². The van der Waals surface area contributed by atoms with Crippen LogP contribution in [0.5, 0.6) is 0 Å². The fourth-order valence-corrected chi connectivity index (χ4v) is 3.27. The standard InChI is InChI=1S/C19H28N4O2/c24-18-8-12-23(14-15-3-1-9-20-13-15)11-2-4-16(7-10-21-18)19(25)22-17-5-6-17/h1,3,9,13,16-17H,2,4-8,10-12,14H2,(H,21,24)(H,22,25). The van der Waals surface area contributed by atoms with Crippen LogP contribution in [0.15, 0.2) is 24.5 Å². The quantitative estimate of drug-likeness (QED) is 0.867. The topological polar surface area (TPSA) is 74.3 Å². The Balaban J connectivity index is 1.57. The average molecular weight is 344 g/mol. The summed E-state index contributed by atoms with van der Waals surface area (Å²) in [6.45, 7) is 3.01. The Morgan fingerprint density at radius 3 is 2.92 bits per heavy atom. The number of carbonyl (C=O) groups is 2. The van der Waals surface area contributed by atoms with Crippen molar-refractivity contribution in [2.24, 2.45) is 5.92 Å². The second-order valence-electron chi connectivity index (χ2n) is 7.15. The van der Waals surface area contributed by atoms with Gasteiger partial charge in [0, 0.05) is 50.4 Å². The molecule has 2 N–H and O–H groups in total. The first-order valence-corrected chi connectivity index (χ1v) is 9.39. The van der Waals surface area contributed by atoms with Crippen LogP contribution >= 0.6 is 0 Å². The lowest BCUT2D eigenvalue weighted by molar-refractivity contribution is -0.126. The minimum atomic E-state index is -0.000702. The van der Waals surface area contributed by atoms with Crippen LogP contribution in [0.4, 0.5) is 0 Å². The summed E-state index contributed by atoms with van der Waals surface area (Å²) >= 11 is 0. The molecule has 6 nitrogen and oxygen atoms in total. The summed E-state index contributed by atoms with van der Waals surface area (Å²) in [5.41, 5.74) is 1.15. The van der Waals surface area contributed by atoms with E-state index in [1.54, 1.807) is 6.20 Å². The molecule has 1 saturated carbocycles. The summed E-state index contributed by atoms with van der Waals surface area (Å²) in [5, 5.41) is 6.07. The van der Waals surface area contributed by atoms with E-state index in [1.165, 1.54) is 0 Å². The highest BCUT2D eigenvalue weighted by Gasteiger charge is 2.27. The second kappa shape index (κ2) is 8.94. The minimum Gasteiger partial charge on any atom is -0.356 e. The number of hydrogen-bond acceptors (Lipinski definition) is 4. The highest BCUT2D eigenvalue weighted by Crippen LogP contribution is 2.21. The number of hydrogen-bond donors (Lipinski definition) is 2. The fourth-order valence-electron chi connectivity index (χ4n) is 3.27. The van der Waals surface area contributed by atoms with Gasteiger partial charge in [0.2, 0.25) is 11.8 Å². The Morgan fingerprint density at radius 2 is 2.16 bits per heavy atom. The summed E-state index contributed by atoms with van der Waals surface area (Å²) in [5.74, 6) is 0.230. The molecular formula is C19H28N4O2. The maximum absolute atomic E-state index is 12.4. The molecule has 0 aromatic carbocycles. The van der Waals surface area contributed by atoms with Crippen LogP contribution in [0.3, 0.4) is 0 Å². The first-order valence-electron chi connectivity index (χ1n) is 9.39. The van der Waals surface area contributed by atoms with Crippen molar-refractivity contribution in [3.8, 4) is 0 Å². The van der Waals surface area contributed by atoms with Gasteiger partial charge in [-0.2, -0.15) is 0 Å². The lowest BCUT2D eigenvalue weighted by Crippen LogP contribution is -2.35. The number of amides is 2. The van der Waals surface area contributed by atoms with Gasteiger partial charge in [-0.05, 0) is 50.3 Å². The van der Waals surface area contributed by atoms with Crippen molar-refractivity contribution in [3.63, 3.8) is 0 Å². The molecule has 1 aromatic rings. The van der Waals surface area contributed by atoms with Crippen molar-refractivity contribution in [1.29, 1.82) is 0 Å². The van der Waals surface area contributed by atoms with Gasteiger partial charge in [-0.15, -0.1) is 0 Å². The zero-order chi connectivity index (χ0) is 17.5. The van der Waals surface area contributed by atoms with Crippen LogP contribution < -0.4 is 10.6 Å². The molecule has 0 spiro atoms. The monoisotopic (exact) mass is 344 g/mol. The Morgan fingerprint density at radius 1 is 1.28 bits per heavy atom. The normalized spacial score (nSPS) is 23.4. The molecule has 1 aromatic heterocycles. The molecular weight excluding hydrogens is 316 g/mol. The molecule has 25 heavy (non-hydrogen) atoms. The molecule has 6 heteroatoms. The van der Waals surface area contributed by atoms with E-state index in [1.807, 2.05) is 12.3 Å². The van der Waals surface area contributed by atoms with Crippen molar-refractivity contribution in [1.82, 2.24) is 20.5 Å². The van der Waals surface area contributed by atoms with E-state index in [4.69, 9.17) is 0 Å². The summed E-state index contributed by atoms with van der Waals surface area (Å²) in [6.07, 6.45) is 8.92. The predicted octanol–water partition coefficient (Wildman–Crippen LogP) is 1.47. The van der Waals surface area contributed by atoms with Crippen LogP contribution in [0.25, 0.3) is 0 Å². The maximum Gasteiger partial charge on any atom is 0.223 e. The highest BCUT2D eigenvalue weighted by molar-refractivity contribution is 5.79. The van der Waals surface area contributed by atoms with Crippen molar-refractivity contribution < 1.29 is 9.59 Å². The van der Waals surface area contributed by atoms with Crippen molar-refractivity contribution in [3.05, 3.63) is 30.1 Å². The molecule has 2 heterocycles. The Hall–Kier alpha value is -1.95. The zero-order valence-corrected chi connectivity index (χ0v) is 14.7. The van der Waals surface area contributed by atoms with E-state index >= 15 is 0 Å². The minimum absolute atomic E-state index is 0.000702. The third kappa shape index (κ3) is 6.12. The molecule has 136 valence electrons. The summed E-state index contributed by atoms with van der Waals surface area (Å²) in [4.78, 5) is 30.9. The van der Waals surface area contributed by atoms with Gasteiger partial charge in [-0.1, -0.05) is 6.07 Å². The summed E-state index contributed by atoms with van der Waals surface area (Å²) in [6, 6.07) is 4.39. The first kappa shape index (κ1) is 17.9. The molecule has 2 fully saturated rings. The van der Waals surface area contributed by atoms with Crippen molar-refractivity contribution >= 4 is 11.8 Å². The van der Waals surface area contributed by atoms with E-state index in [9.17, 15) is 9.59 Å². The number of rotatable bonds is 4. The highest BCUT2D eigenvalue weighted by atomic mass is 16.2. The molecule has 1 saturated heterocycles. The lowest BCUT2D eigenvalue weighted by Gasteiger charge is -2.22. The van der Waals surface area contributed by atoms with Gasteiger partial charge in [0.25, 0.3) is 0 Å². The van der Waals surface area contributed by atoms with E-state index in [2.05, 4.69) is 26.6 Å². The predicted molar refractivity (Wildman–Crippen MR) is 95.6 cm³/mol. The van der Waals surface area contributed by atoms with Crippen LogP contribution in [-0.4, -0.2) is 47.4 Å². The molecule has 0 radical (unpaired) electrons. The lowest BCUT2D eigenvalue weighted by atomic mass is 9.98. The number of aromatic nitrogens is 1. The Bertz CT molecular complexity index is 574. The molecule has 0 bridgehead atoms. The van der Waals surface area contributed by atoms with E-state index < -0.39 is 0 Å². The van der Waals surface area contributed by atoms with Gasteiger partial charge in [0.15, 0.2) is 0 Å². The van der Waals surface area contributed by atoms with Crippen LogP contribution in [0.1, 0.15) is 44.1 Å². The van der Waals surface area contributed by atoms with Gasteiger partial charge in [-0.25, -0.2) is 0 Å². The molecule has 2 amide bonds. The third-order valence-corrected chi connectivity index (χ3v) is 4.92. The molecule has 1 aliphatic heterocycles. The molecule has 2 aliphatic rings. The van der Waals surface area contributed by atoms with Gasteiger partial charge >= 0.3 is 0 Å². The fraction of sp³-hybridized carbons (Fsp3) is 0.632. The number of nitrogens with one attached hydrogen (secondary N) is 2. The summed E-state index contributed by atoms with van der Waals surface area (Å²) < 4.78 is 0. The van der Waals surface area contributed by atoms with E-state index in [0.29, 0.717) is 19.0 Å². The smallest absolute Gasteiger partial charge is 0.223 e. The SMILES string of the molecule is O=C1CCN(Cc2cccnc2)CCCC(C(=O)NC2CC2)CCN1. The maximum atomic E-state index is 12.4. The zero-order valence-electron chi connectivity index (χ0n) is 14.7. The average Bonchev–Trinajstić information content (AvgIpc) is 3.42. The third-order valence-electron chi connectivity index (χ3n) is 4.92. The largest absolute Gasteiger partial charge is 0.356 e. The molecule has 1 aliphatic carbocycles. The number of carbonyl (C=O) groups excluding carboxylic acids is 2. The summed E-state index contributed by atoms with van der Waals surface area (Å²) in [7, 11) is 0. The number of nitrogens with zero attached hydrogens (tertiary/aromatic N) is 2. The van der Waals surface area contributed by atoms with Crippen LogP contribution in [0.2, 0.25) is 0 Å². The Labute approximate surface area is 149 Å². The molecule has 1 atom stereocenters. The second-order valence-corrected chi connectivity index (χ2v) is 7.15. The first-order chi connectivity index (χ1) is 12.2. The number of pyridine rings is 1. The van der Waals surface area contributed by atoms with Crippen molar-refractivity contribution in [2.75, 3.05) is 19.6 Å². The molecule has 1 unspecified atom stereocenters. The van der Waals surface area contributed by atoms with Gasteiger partial charge in [0.05, 0.1) is 0 Å². The van der Waals surface area contributed by atoms with E-state index in [-0.39, 0.29) is 17.7 Å². The van der Waals surface area contributed by atoms with Crippen molar-refractivity contribution in [2.45, 2.75) is 51.1 Å². The Kier molecular flexibility index (Phi) is 6.39. The van der Waals surface area contributed by atoms with E-state index in [0.717, 1.165) is 57.3 Å².